The highest BCUT2D eigenvalue weighted by Gasteiger charge is 2.25. The SMILES string of the molecule is Cc1ccc(NC(=O)CCC(=O)N[C@H](CCc2ccccc2)C(=O)NCC(=O)N[C@H](Cc2ccccc2)C(=O)NCC(=O)NCC=O)cc1. The maximum absolute atomic E-state index is 13.3. The number of benzene rings is 3. The fourth-order valence-corrected chi connectivity index (χ4v) is 4.68. The van der Waals surface area contributed by atoms with E-state index in [1.165, 1.54) is 0 Å². The molecule has 0 heterocycles. The van der Waals surface area contributed by atoms with Crippen LogP contribution in [0.5, 0.6) is 0 Å². The van der Waals surface area contributed by atoms with Gasteiger partial charge < -0.3 is 36.7 Å². The Bertz CT molecular complexity index is 1570. The molecular weight excluding hydrogens is 628 g/mol. The van der Waals surface area contributed by atoms with Crippen molar-refractivity contribution in [3.05, 3.63) is 102 Å². The largest absolute Gasteiger partial charge is 0.348 e. The molecule has 6 N–H and O–H groups in total. The van der Waals surface area contributed by atoms with Crippen LogP contribution in [0, 0.1) is 6.92 Å². The molecule has 0 aliphatic heterocycles. The molecule has 13 heteroatoms. The van der Waals surface area contributed by atoms with E-state index in [1.807, 2.05) is 49.4 Å². The van der Waals surface area contributed by atoms with Gasteiger partial charge in [0.05, 0.1) is 19.6 Å². The first-order valence-electron chi connectivity index (χ1n) is 15.9. The number of hydrogen-bond donors (Lipinski definition) is 6. The summed E-state index contributed by atoms with van der Waals surface area (Å²) in [6, 6.07) is 23.4. The lowest BCUT2D eigenvalue weighted by molar-refractivity contribution is -0.132. The Kier molecular flexibility index (Phi) is 15.7. The zero-order valence-corrected chi connectivity index (χ0v) is 27.3. The highest BCUT2D eigenvalue weighted by molar-refractivity contribution is 5.95. The van der Waals surface area contributed by atoms with E-state index >= 15 is 0 Å². The molecule has 0 aliphatic carbocycles. The van der Waals surface area contributed by atoms with E-state index in [4.69, 9.17) is 0 Å². The van der Waals surface area contributed by atoms with Crippen molar-refractivity contribution in [2.24, 2.45) is 0 Å². The van der Waals surface area contributed by atoms with Crippen LogP contribution in [0.25, 0.3) is 0 Å². The smallest absolute Gasteiger partial charge is 0.243 e. The first-order valence-corrected chi connectivity index (χ1v) is 15.9. The fraction of sp³-hybridized carbons (Fsp3) is 0.306. The van der Waals surface area contributed by atoms with Gasteiger partial charge >= 0.3 is 0 Å². The minimum atomic E-state index is -1.08. The Balaban J connectivity index is 1.58. The highest BCUT2D eigenvalue weighted by atomic mass is 16.2. The fourth-order valence-electron chi connectivity index (χ4n) is 4.68. The van der Waals surface area contributed by atoms with Crippen LogP contribution in [-0.4, -0.2) is 73.4 Å². The van der Waals surface area contributed by atoms with Gasteiger partial charge in [0.2, 0.25) is 35.4 Å². The molecule has 0 spiro atoms. The summed E-state index contributed by atoms with van der Waals surface area (Å²) in [5.74, 6) is -3.35. The standard InChI is InChI=1S/C36H42N6O7/c1-25-12-15-28(16-13-25)40-31(44)18-19-32(45)41-29(17-14-26-8-4-2-5-9-26)35(48)39-24-34(47)42-30(22-27-10-6-3-7-11-27)36(49)38-23-33(46)37-20-21-43/h2-13,15-16,21,29-30H,14,17-20,22-24H2,1H3,(H,37,46)(H,38,49)(H,39,48)(H,40,44)(H,41,45)(H,42,47)/t29-,30-/m1/s1. The molecule has 0 unspecified atom stereocenters. The second-order valence-electron chi connectivity index (χ2n) is 11.3. The number of aryl methyl sites for hydroxylation is 2. The maximum Gasteiger partial charge on any atom is 0.243 e. The topological polar surface area (TPSA) is 192 Å². The van der Waals surface area contributed by atoms with Gasteiger partial charge in [-0.2, -0.15) is 0 Å². The molecule has 0 bridgehead atoms. The average molecular weight is 671 g/mol. The Hall–Kier alpha value is -5.85. The summed E-state index contributed by atoms with van der Waals surface area (Å²) in [6.45, 7) is 0.836. The van der Waals surface area contributed by atoms with Crippen molar-refractivity contribution >= 4 is 47.4 Å². The van der Waals surface area contributed by atoms with Crippen LogP contribution in [-0.2, 0) is 46.4 Å². The average Bonchev–Trinajstić information content (AvgIpc) is 3.11. The van der Waals surface area contributed by atoms with Gasteiger partial charge in [0.25, 0.3) is 0 Å². The summed E-state index contributed by atoms with van der Waals surface area (Å²) in [5.41, 5.74) is 3.34. The minimum absolute atomic E-state index is 0.0985. The second-order valence-corrected chi connectivity index (χ2v) is 11.3. The van der Waals surface area contributed by atoms with Gasteiger partial charge in [0.1, 0.15) is 18.4 Å². The summed E-state index contributed by atoms with van der Waals surface area (Å²) in [5, 5.41) is 15.3. The Morgan fingerprint density at radius 3 is 1.80 bits per heavy atom. The summed E-state index contributed by atoms with van der Waals surface area (Å²) >= 11 is 0. The lowest BCUT2D eigenvalue weighted by atomic mass is 10.0. The molecule has 13 nitrogen and oxygen atoms in total. The number of aldehydes is 1. The molecule has 0 aliphatic rings. The molecule has 2 atom stereocenters. The number of anilines is 1. The van der Waals surface area contributed by atoms with Crippen LogP contribution in [0.2, 0.25) is 0 Å². The summed E-state index contributed by atoms with van der Waals surface area (Å²) in [7, 11) is 0. The first kappa shape index (κ1) is 37.6. The van der Waals surface area contributed by atoms with E-state index in [1.54, 1.807) is 42.5 Å². The first-order chi connectivity index (χ1) is 23.6. The molecule has 3 aromatic carbocycles. The van der Waals surface area contributed by atoms with Gasteiger partial charge in [0.15, 0.2) is 0 Å². The van der Waals surface area contributed by atoms with E-state index in [0.717, 1.165) is 16.7 Å². The van der Waals surface area contributed by atoms with Crippen LogP contribution in [0.15, 0.2) is 84.9 Å². The van der Waals surface area contributed by atoms with Gasteiger partial charge in [0, 0.05) is 24.9 Å². The molecule has 0 saturated carbocycles. The monoisotopic (exact) mass is 670 g/mol. The van der Waals surface area contributed by atoms with Crippen LogP contribution >= 0.6 is 0 Å². The molecule has 0 aromatic heterocycles. The molecule has 0 fully saturated rings. The lowest BCUT2D eigenvalue weighted by Gasteiger charge is -2.21. The number of carbonyl (C=O) groups is 7. The van der Waals surface area contributed by atoms with Crippen LogP contribution in [0.4, 0.5) is 5.69 Å². The number of rotatable bonds is 19. The van der Waals surface area contributed by atoms with Crippen molar-refractivity contribution < 1.29 is 33.6 Å². The van der Waals surface area contributed by atoms with Crippen LogP contribution < -0.4 is 31.9 Å². The van der Waals surface area contributed by atoms with Gasteiger partial charge in [-0.15, -0.1) is 0 Å². The predicted molar refractivity (Wildman–Crippen MR) is 183 cm³/mol. The molecule has 6 amide bonds. The van der Waals surface area contributed by atoms with E-state index < -0.39 is 54.7 Å². The van der Waals surface area contributed by atoms with Crippen molar-refractivity contribution in [3.63, 3.8) is 0 Å². The Morgan fingerprint density at radius 1 is 0.612 bits per heavy atom. The number of hydrogen-bond acceptors (Lipinski definition) is 7. The third-order valence-electron chi connectivity index (χ3n) is 7.29. The zero-order valence-electron chi connectivity index (χ0n) is 27.3. The third-order valence-corrected chi connectivity index (χ3v) is 7.29. The quantitative estimate of drug-likeness (QED) is 0.103. The van der Waals surface area contributed by atoms with Crippen molar-refractivity contribution in [3.8, 4) is 0 Å². The second kappa shape index (κ2) is 20.4. The molecule has 3 rings (SSSR count). The summed E-state index contributed by atoms with van der Waals surface area (Å²) < 4.78 is 0. The van der Waals surface area contributed by atoms with E-state index in [-0.39, 0.29) is 38.1 Å². The van der Waals surface area contributed by atoms with Crippen LogP contribution in [0.1, 0.15) is 36.0 Å². The summed E-state index contributed by atoms with van der Waals surface area (Å²) in [6.07, 6.45) is 1.05. The third kappa shape index (κ3) is 14.6. The minimum Gasteiger partial charge on any atom is -0.348 e. The number of amides is 6. The van der Waals surface area contributed by atoms with E-state index in [9.17, 15) is 33.6 Å². The number of carbonyl (C=O) groups excluding carboxylic acids is 7. The summed E-state index contributed by atoms with van der Waals surface area (Å²) in [4.78, 5) is 86.7. The lowest BCUT2D eigenvalue weighted by Crippen LogP contribution is -2.53. The normalized spacial score (nSPS) is 11.6. The molecule has 0 radical (unpaired) electrons. The van der Waals surface area contributed by atoms with Crippen molar-refractivity contribution in [2.45, 2.75) is 51.1 Å². The number of nitrogens with one attached hydrogen (secondary N) is 6. The Morgan fingerprint density at radius 2 is 1.16 bits per heavy atom. The zero-order chi connectivity index (χ0) is 35.4. The molecule has 0 saturated heterocycles. The van der Waals surface area contributed by atoms with Gasteiger partial charge in [-0.3, -0.25) is 28.8 Å². The van der Waals surface area contributed by atoms with Gasteiger partial charge in [-0.05, 0) is 43.0 Å². The molecule has 258 valence electrons. The highest BCUT2D eigenvalue weighted by Crippen LogP contribution is 2.10. The molecule has 3 aromatic rings. The van der Waals surface area contributed by atoms with Crippen LogP contribution in [0.3, 0.4) is 0 Å². The molecular formula is C36H42N6O7. The predicted octanol–water partition coefficient (Wildman–Crippen LogP) is 1.11. The van der Waals surface area contributed by atoms with E-state index in [0.29, 0.717) is 18.4 Å². The van der Waals surface area contributed by atoms with Crippen molar-refractivity contribution in [1.82, 2.24) is 26.6 Å². The van der Waals surface area contributed by atoms with Gasteiger partial charge in [-0.25, -0.2) is 0 Å². The van der Waals surface area contributed by atoms with Gasteiger partial charge in [-0.1, -0.05) is 78.4 Å². The Labute approximate surface area is 285 Å². The maximum atomic E-state index is 13.3. The van der Waals surface area contributed by atoms with Crippen molar-refractivity contribution in [1.29, 1.82) is 0 Å². The van der Waals surface area contributed by atoms with E-state index in [2.05, 4.69) is 31.9 Å². The molecule has 49 heavy (non-hydrogen) atoms. The van der Waals surface area contributed by atoms with Crippen molar-refractivity contribution in [2.75, 3.05) is 25.0 Å².